The molecule has 1 rings (SSSR count). The first kappa shape index (κ1) is 16.0. The molecule has 0 atom stereocenters. The van der Waals surface area contributed by atoms with Gasteiger partial charge < -0.3 is 5.32 Å². The van der Waals surface area contributed by atoms with Gasteiger partial charge in [-0.25, -0.2) is 0 Å². The number of nitrogens with one attached hydrogen (secondary N) is 1. The highest BCUT2D eigenvalue weighted by Gasteiger charge is 2.34. The normalized spacial score (nSPS) is 11.8. The topological polar surface area (TPSA) is 52.9 Å². The average Bonchev–Trinajstić information content (AvgIpc) is 2.37. The van der Waals surface area contributed by atoms with E-state index in [1.807, 2.05) is 6.92 Å². The number of hydrogen-bond acceptors (Lipinski definition) is 2. The Morgan fingerprint density at radius 3 is 2.40 bits per heavy atom. The summed E-state index contributed by atoms with van der Waals surface area (Å²) in [5.74, 6) is -0.363. The fourth-order valence-electron chi connectivity index (χ4n) is 1.41. The van der Waals surface area contributed by atoms with E-state index in [0.29, 0.717) is 6.42 Å². The Balaban J connectivity index is 3.12. The van der Waals surface area contributed by atoms with E-state index < -0.39 is 22.7 Å². The molecule has 0 aromatic heterocycles. The molecule has 0 radical (unpaired) electrons. The highest BCUT2D eigenvalue weighted by molar-refractivity contribution is 5.94. The van der Waals surface area contributed by atoms with Gasteiger partial charge in [0.25, 0.3) is 0 Å². The first-order valence-electron chi connectivity index (χ1n) is 6.04. The van der Waals surface area contributed by atoms with Gasteiger partial charge in [0.05, 0.1) is 17.2 Å². The van der Waals surface area contributed by atoms with Crippen molar-refractivity contribution in [1.82, 2.24) is 0 Å². The van der Waals surface area contributed by atoms with Crippen molar-refractivity contribution in [1.29, 1.82) is 5.26 Å². The minimum absolute atomic E-state index is 0.0304. The number of halogens is 3. The van der Waals surface area contributed by atoms with Crippen LogP contribution >= 0.6 is 0 Å². The van der Waals surface area contributed by atoms with Crippen LogP contribution in [0.1, 0.15) is 38.3 Å². The molecule has 0 bridgehead atoms. The molecule has 3 nitrogen and oxygen atoms in total. The molecular formula is C14H15F3N2O. The molecule has 0 unspecified atom stereocenters. The van der Waals surface area contributed by atoms with Crippen LogP contribution in [-0.2, 0) is 11.0 Å². The summed E-state index contributed by atoms with van der Waals surface area (Å²) in [5.41, 5.74) is -2.16. The quantitative estimate of drug-likeness (QED) is 0.913. The number of benzene rings is 1. The summed E-state index contributed by atoms with van der Waals surface area (Å²) in [4.78, 5) is 11.9. The summed E-state index contributed by atoms with van der Waals surface area (Å²) in [6.07, 6.45) is -4.08. The molecule has 0 aliphatic rings. The van der Waals surface area contributed by atoms with Crippen molar-refractivity contribution in [3.05, 3.63) is 29.3 Å². The van der Waals surface area contributed by atoms with E-state index in [-0.39, 0.29) is 11.6 Å². The molecule has 0 saturated heterocycles. The van der Waals surface area contributed by atoms with Crippen molar-refractivity contribution >= 4 is 11.6 Å². The summed E-state index contributed by atoms with van der Waals surface area (Å²) in [6.45, 7) is 5.23. The van der Waals surface area contributed by atoms with Crippen LogP contribution in [0, 0.1) is 16.7 Å². The number of hydrogen-bond donors (Lipinski definition) is 1. The molecule has 1 aromatic rings. The lowest BCUT2D eigenvalue weighted by molar-refractivity contribution is -0.137. The van der Waals surface area contributed by atoms with Gasteiger partial charge in [0.2, 0.25) is 5.91 Å². The van der Waals surface area contributed by atoms with Crippen LogP contribution in [0.15, 0.2) is 18.2 Å². The highest BCUT2D eigenvalue weighted by Crippen LogP contribution is 2.34. The smallest absolute Gasteiger partial charge is 0.326 e. The van der Waals surface area contributed by atoms with E-state index in [0.717, 1.165) is 12.1 Å². The number of alkyl halides is 3. The van der Waals surface area contributed by atoms with Crippen molar-refractivity contribution in [2.45, 2.75) is 33.4 Å². The van der Waals surface area contributed by atoms with Gasteiger partial charge in [-0.15, -0.1) is 0 Å². The zero-order valence-corrected chi connectivity index (χ0v) is 11.4. The minimum Gasteiger partial charge on any atom is -0.326 e. The Labute approximate surface area is 115 Å². The molecule has 0 fully saturated rings. The lowest BCUT2D eigenvalue weighted by Crippen LogP contribution is -2.30. The van der Waals surface area contributed by atoms with Crippen LogP contribution < -0.4 is 5.32 Å². The Morgan fingerprint density at radius 2 is 1.95 bits per heavy atom. The first-order valence-corrected chi connectivity index (χ1v) is 6.04. The second kappa shape index (κ2) is 5.53. The van der Waals surface area contributed by atoms with E-state index in [9.17, 15) is 18.0 Å². The molecule has 108 valence electrons. The maximum atomic E-state index is 12.8. The van der Waals surface area contributed by atoms with Gasteiger partial charge in [0.15, 0.2) is 0 Å². The van der Waals surface area contributed by atoms with Gasteiger partial charge in [0, 0.05) is 11.1 Å². The fourth-order valence-corrected chi connectivity index (χ4v) is 1.41. The van der Waals surface area contributed by atoms with Crippen LogP contribution in [0.3, 0.4) is 0 Å². The van der Waals surface area contributed by atoms with Crippen molar-refractivity contribution in [3.63, 3.8) is 0 Å². The summed E-state index contributed by atoms with van der Waals surface area (Å²) < 4.78 is 38.4. The molecule has 0 saturated carbocycles. The predicted molar refractivity (Wildman–Crippen MR) is 68.9 cm³/mol. The molecule has 0 spiro atoms. The van der Waals surface area contributed by atoms with E-state index in [1.54, 1.807) is 13.8 Å². The highest BCUT2D eigenvalue weighted by atomic mass is 19.4. The van der Waals surface area contributed by atoms with E-state index >= 15 is 0 Å². The third-order valence-corrected chi connectivity index (χ3v) is 3.20. The maximum absolute atomic E-state index is 12.8. The van der Waals surface area contributed by atoms with Crippen LogP contribution in [0.2, 0.25) is 0 Å². The number of carbonyl (C=O) groups is 1. The predicted octanol–water partition coefficient (Wildman–Crippen LogP) is 3.95. The zero-order valence-electron chi connectivity index (χ0n) is 11.4. The Bertz CT molecular complexity index is 557. The van der Waals surface area contributed by atoms with Gasteiger partial charge in [-0.1, -0.05) is 20.8 Å². The van der Waals surface area contributed by atoms with Crippen molar-refractivity contribution in [2.75, 3.05) is 5.32 Å². The molecule has 0 aliphatic heterocycles. The largest absolute Gasteiger partial charge is 0.417 e. The average molecular weight is 284 g/mol. The van der Waals surface area contributed by atoms with Gasteiger partial charge >= 0.3 is 6.18 Å². The Morgan fingerprint density at radius 1 is 1.35 bits per heavy atom. The SMILES string of the molecule is CCC(C)(C)C(=O)Nc1ccc(C#N)c(C(F)(F)F)c1. The fraction of sp³-hybridized carbons (Fsp3) is 0.429. The molecular weight excluding hydrogens is 269 g/mol. The summed E-state index contributed by atoms with van der Waals surface area (Å²) in [7, 11) is 0. The summed E-state index contributed by atoms with van der Waals surface area (Å²) in [6, 6.07) is 4.61. The molecule has 0 heterocycles. The van der Waals surface area contributed by atoms with Crippen molar-refractivity contribution < 1.29 is 18.0 Å². The number of rotatable bonds is 3. The van der Waals surface area contributed by atoms with Crippen LogP contribution in [0.5, 0.6) is 0 Å². The van der Waals surface area contributed by atoms with Gasteiger partial charge in [0.1, 0.15) is 0 Å². The number of amides is 1. The molecule has 1 N–H and O–H groups in total. The molecule has 1 aromatic carbocycles. The number of nitriles is 1. The van der Waals surface area contributed by atoms with E-state index in [1.165, 1.54) is 12.1 Å². The minimum atomic E-state index is -4.63. The summed E-state index contributed by atoms with van der Waals surface area (Å²) >= 11 is 0. The summed E-state index contributed by atoms with van der Waals surface area (Å²) in [5, 5.41) is 11.1. The second-order valence-electron chi connectivity index (χ2n) is 5.06. The number of anilines is 1. The zero-order chi connectivity index (χ0) is 15.6. The lowest BCUT2D eigenvalue weighted by atomic mass is 9.89. The number of nitrogens with zero attached hydrogens (tertiary/aromatic N) is 1. The Hall–Kier alpha value is -2.03. The van der Waals surface area contributed by atoms with Gasteiger partial charge in [-0.05, 0) is 24.6 Å². The van der Waals surface area contributed by atoms with E-state index in [2.05, 4.69) is 5.32 Å². The maximum Gasteiger partial charge on any atom is 0.417 e. The molecule has 20 heavy (non-hydrogen) atoms. The monoisotopic (exact) mass is 284 g/mol. The standard InChI is InChI=1S/C14H15F3N2O/c1-4-13(2,3)12(20)19-10-6-5-9(8-18)11(7-10)14(15,16)17/h5-7H,4H2,1-3H3,(H,19,20). The first-order chi connectivity index (χ1) is 9.11. The Kier molecular flexibility index (Phi) is 4.43. The number of carbonyl (C=O) groups excluding carboxylic acids is 1. The van der Waals surface area contributed by atoms with E-state index in [4.69, 9.17) is 5.26 Å². The van der Waals surface area contributed by atoms with Gasteiger partial charge in [-0.2, -0.15) is 18.4 Å². The third kappa shape index (κ3) is 3.50. The molecule has 0 aliphatic carbocycles. The molecule has 1 amide bonds. The second-order valence-corrected chi connectivity index (χ2v) is 5.06. The molecule has 6 heteroatoms. The van der Waals surface area contributed by atoms with Crippen molar-refractivity contribution in [2.24, 2.45) is 5.41 Å². The van der Waals surface area contributed by atoms with Crippen molar-refractivity contribution in [3.8, 4) is 6.07 Å². The van der Waals surface area contributed by atoms with Crippen LogP contribution in [0.25, 0.3) is 0 Å². The van der Waals surface area contributed by atoms with Gasteiger partial charge in [-0.3, -0.25) is 4.79 Å². The van der Waals surface area contributed by atoms with Crippen LogP contribution in [-0.4, -0.2) is 5.91 Å². The van der Waals surface area contributed by atoms with Crippen LogP contribution in [0.4, 0.5) is 18.9 Å². The lowest BCUT2D eigenvalue weighted by Gasteiger charge is -2.22. The third-order valence-electron chi connectivity index (χ3n) is 3.20.